The number of methoxy groups -OCH3 is 1. The van der Waals surface area contributed by atoms with Crippen molar-refractivity contribution in [1.82, 2.24) is 9.47 Å². The lowest BCUT2D eigenvalue weighted by Crippen LogP contribution is -2.53. The number of para-hydroxylation sites is 1. The Hall–Kier alpha value is -1.85. The molecule has 144 valence electrons. The molecule has 2 aromatic rings. The molecule has 5 rings (SSSR count). The second-order valence-corrected chi connectivity index (χ2v) is 8.55. The van der Waals surface area contributed by atoms with Crippen molar-refractivity contribution in [3.8, 4) is 0 Å². The van der Waals surface area contributed by atoms with Crippen molar-refractivity contribution in [2.24, 2.45) is 24.8 Å². The molecule has 1 saturated carbocycles. The van der Waals surface area contributed by atoms with Crippen molar-refractivity contribution >= 4 is 16.9 Å². The van der Waals surface area contributed by atoms with Gasteiger partial charge in [-0.05, 0) is 49.1 Å². The van der Waals surface area contributed by atoms with Crippen LogP contribution in [0.3, 0.4) is 0 Å². The summed E-state index contributed by atoms with van der Waals surface area (Å²) in [6.45, 7) is 2.11. The summed E-state index contributed by atoms with van der Waals surface area (Å²) in [7, 11) is 3.61. The number of hydrogen-bond acceptors (Lipinski definition) is 4. The average Bonchev–Trinajstić information content (AvgIpc) is 2.99. The molecule has 1 aromatic carbocycles. The Balaban J connectivity index is 1.56. The van der Waals surface area contributed by atoms with Crippen molar-refractivity contribution in [3.63, 3.8) is 0 Å². The maximum atomic E-state index is 12.4. The number of ether oxygens (including phenoxy) is 1. The number of aliphatic hydroxyl groups excluding tert-OH is 1. The van der Waals surface area contributed by atoms with E-state index in [1.807, 2.05) is 0 Å². The minimum Gasteiger partial charge on any atom is -0.469 e. The number of piperidine rings is 1. The van der Waals surface area contributed by atoms with Gasteiger partial charge in [-0.1, -0.05) is 18.2 Å². The zero-order valence-corrected chi connectivity index (χ0v) is 16.1. The summed E-state index contributed by atoms with van der Waals surface area (Å²) in [6, 6.07) is 8.98. The number of nitrogens with zero attached hydrogens (tertiary/aromatic N) is 2. The molecule has 1 saturated heterocycles. The summed E-state index contributed by atoms with van der Waals surface area (Å²) in [6.07, 6.45) is 3.16. The Morgan fingerprint density at radius 3 is 2.89 bits per heavy atom. The predicted octanol–water partition coefficient (Wildman–Crippen LogP) is 2.66. The second kappa shape index (κ2) is 6.35. The first-order valence-corrected chi connectivity index (χ1v) is 10.2. The maximum absolute atomic E-state index is 12.4. The molecule has 5 unspecified atom stereocenters. The molecule has 0 spiro atoms. The molecule has 1 aromatic heterocycles. The van der Waals surface area contributed by atoms with Crippen LogP contribution in [0, 0.1) is 17.8 Å². The molecular formula is C22H28N2O3. The SMILES string of the molecule is COC(=O)C1C(O)CCC2CN3CCc4c(n(C)c5ccccc45)C3CC21. The highest BCUT2D eigenvalue weighted by Crippen LogP contribution is 2.49. The van der Waals surface area contributed by atoms with Crippen LogP contribution in [0.4, 0.5) is 0 Å². The van der Waals surface area contributed by atoms with Crippen molar-refractivity contribution in [2.75, 3.05) is 20.2 Å². The summed E-state index contributed by atoms with van der Waals surface area (Å²) in [5.74, 6) is 0.0612. The highest BCUT2D eigenvalue weighted by Gasteiger charge is 2.49. The molecule has 27 heavy (non-hydrogen) atoms. The molecule has 1 N–H and O–H groups in total. The van der Waals surface area contributed by atoms with Gasteiger partial charge in [-0.2, -0.15) is 0 Å². The average molecular weight is 368 g/mol. The van der Waals surface area contributed by atoms with E-state index in [9.17, 15) is 9.90 Å². The van der Waals surface area contributed by atoms with Gasteiger partial charge in [-0.25, -0.2) is 0 Å². The summed E-state index contributed by atoms with van der Waals surface area (Å²) in [4.78, 5) is 15.1. The number of benzene rings is 1. The minimum absolute atomic E-state index is 0.200. The number of carbonyl (C=O) groups is 1. The van der Waals surface area contributed by atoms with Crippen LogP contribution < -0.4 is 0 Å². The molecule has 0 bridgehead atoms. The van der Waals surface area contributed by atoms with E-state index in [1.54, 1.807) is 0 Å². The number of fused-ring (bicyclic) bond motifs is 6. The van der Waals surface area contributed by atoms with E-state index in [4.69, 9.17) is 4.74 Å². The topological polar surface area (TPSA) is 54.7 Å². The number of carbonyl (C=O) groups excluding carboxylic acids is 1. The third-order valence-electron chi connectivity index (χ3n) is 7.42. The predicted molar refractivity (Wildman–Crippen MR) is 103 cm³/mol. The highest BCUT2D eigenvalue weighted by molar-refractivity contribution is 5.86. The Morgan fingerprint density at radius 1 is 1.26 bits per heavy atom. The standard InChI is InChI=1S/C22H28N2O3/c1-23-17-6-4-3-5-14(17)15-9-10-24-12-13-7-8-19(25)20(22(26)27-2)16(13)11-18(24)21(15)23/h3-6,13,16,18-20,25H,7-12H2,1-2H3. The van der Waals surface area contributed by atoms with Gasteiger partial charge in [0.15, 0.2) is 0 Å². The number of aliphatic hydroxyl groups is 1. The molecular weight excluding hydrogens is 340 g/mol. The Kier molecular flexibility index (Phi) is 4.06. The minimum atomic E-state index is -0.569. The first-order valence-electron chi connectivity index (χ1n) is 10.2. The lowest BCUT2D eigenvalue weighted by molar-refractivity contribution is -0.160. The van der Waals surface area contributed by atoms with Crippen LogP contribution in [0.5, 0.6) is 0 Å². The molecule has 0 amide bonds. The van der Waals surface area contributed by atoms with Crippen LogP contribution in [-0.4, -0.2) is 46.8 Å². The van der Waals surface area contributed by atoms with E-state index < -0.39 is 6.10 Å². The van der Waals surface area contributed by atoms with Crippen LogP contribution in [-0.2, 0) is 23.0 Å². The molecule has 1 aliphatic carbocycles. The van der Waals surface area contributed by atoms with E-state index in [1.165, 1.54) is 29.3 Å². The molecule has 2 aliphatic heterocycles. The first-order chi connectivity index (χ1) is 13.1. The van der Waals surface area contributed by atoms with E-state index in [2.05, 4.69) is 40.8 Å². The normalized spacial score (nSPS) is 33.2. The molecule has 5 heteroatoms. The summed E-state index contributed by atoms with van der Waals surface area (Å²) >= 11 is 0. The Bertz CT molecular complexity index is 889. The molecule has 5 nitrogen and oxygen atoms in total. The molecule has 5 atom stereocenters. The third kappa shape index (κ3) is 2.48. The van der Waals surface area contributed by atoms with Crippen molar-refractivity contribution < 1.29 is 14.6 Å². The largest absolute Gasteiger partial charge is 0.469 e. The van der Waals surface area contributed by atoms with E-state index in [0.717, 1.165) is 32.4 Å². The zero-order chi connectivity index (χ0) is 18.7. The fraction of sp³-hybridized carbons (Fsp3) is 0.591. The van der Waals surface area contributed by atoms with Gasteiger partial charge in [0.05, 0.1) is 25.2 Å². The summed E-state index contributed by atoms with van der Waals surface area (Å²) < 4.78 is 7.42. The van der Waals surface area contributed by atoms with Crippen LogP contribution in [0.15, 0.2) is 24.3 Å². The van der Waals surface area contributed by atoms with Gasteiger partial charge in [0.2, 0.25) is 0 Å². The smallest absolute Gasteiger partial charge is 0.311 e. The lowest BCUT2D eigenvalue weighted by atomic mass is 9.65. The van der Waals surface area contributed by atoms with Gasteiger partial charge in [-0.3, -0.25) is 9.69 Å². The second-order valence-electron chi connectivity index (χ2n) is 8.55. The zero-order valence-electron chi connectivity index (χ0n) is 16.1. The first kappa shape index (κ1) is 17.3. The number of esters is 1. The van der Waals surface area contributed by atoms with Crippen molar-refractivity contribution in [3.05, 3.63) is 35.5 Å². The number of hydrogen-bond donors (Lipinski definition) is 1. The monoisotopic (exact) mass is 368 g/mol. The van der Waals surface area contributed by atoms with E-state index in [-0.39, 0.29) is 17.8 Å². The fourth-order valence-corrected chi connectivity index (χ4v) is 6.19. The van der Waals surface area contributed by atoms with Crippen molar-refractivity contribution in [2.45, 2.75) is 37.8 Å². The van der Waals surface area contributed by atoms with Gasteiger partial charge in [0, 0.05) is 36.7 Å². The quantitative estimate of drug-likeness (QED) is 0.787. The molecule has 3 heterocycles. The Morgan fingerprint density at radius 2 is 2.07 bits per heavy atom. The van der Waals surface area contributed by atoms with Crippen LogP contribution in [0.1, 0.15) is 36.6 Å². The van der Waals surface area contributed by atoms with E-state index in [0.29, 0.717) is 18.4 Å². The van der Waals surface area contributed by atoms with Crippen LogP contribution in [0.2, 0.25) is 0 Å². The number of aryl methyl sites for hydroxylation is 1. The lowest BCUT2D eigenvalue weighted by Gasteiger charge is -2.51. The van der Waals surface area contributed by atoms with Crippen LogP contribution >= 0.6 is 0 Å². The van der Waals surface area contributed by atoms with Gasteiger partial charge in [0.25, 0.3) is 0 Å². The van der Waals surface area contributed by atoms with Crippen molar-refractivity contribution in [1.29, 1.82) is 0 Å². The number of rotatable bonds is 1. The fourth-order valence-electron chi connectivity index (χ4n) is 6.19. The summed E-state index contributed by atoms with van der Waals surface area (Å²) in [5, 5.41) is 11.9. The summed E-state index contributed by atoms with van der Waals surface area (Å²) in [5.41, 5.74) is 4.17. The van der Waals surface area contributed by atoms with Gasteiger partial charge in [-0.15, -0.1) is 0 Å². The maximum Gasteiger partial charge on any atom is 0.311 e. The van der Waals surface area contributed by atoms with Gasteiger partial charge >= 0.3 is 5.97 Å². The van der Waals surface area contributed by atoms with E-state index >= 15 is 0 Å². The third-order valence-corrected chi connectivity index (χ3v) is 7.42. The van der Waals surface area contributed by atoms with Crippen LogP contribution in [0.25, 0.3) is 10.9 Å². The Labute approximate surface area is 159 Å². The number of aromatic nitrogens is 1. The van der Waals surface area contributed by atoms with Gasteiger partial charge in [0.1, 0.15) is 0 Å². The molecule has 0 radical (unpaired) electrons. The molecule has 3 aliphatic rings. The van der Waals surface area contributed by atoms with Gasteiger partial charge < -0.3 is 14.4 Å². The highest BCUT2D eigenvalue weighted by atomic mass is 16.5. The molecule has 2 fully saturated rings.